The van der Waals surface area contributed by atoms with Gasteiger partial charge in [-0.15, -0.1) is 0 Å². The number of nitrogens with one attached hydrogen (secondary N) is 1. The first-order chi connectivity index (χ1) is 18.0. The van der Waals surface area contributed by atoms with Crippen LogP contribution in [0.15, 0.2) is 48.9 Å². The van der Waals surface area contributed by atoms with Crippen molar-refractivity contribution in [2.45, 2.75) is 31.7 Å². The quantitative estimate of drug-likeness (QED) is 0.376. The van der Waals surface area contributed by atoms with E-state index in [9.17, 15) is 4.79 Å². The van der Waals surface area contributed by atoms with Crippen molar-refractivity contribution in [3.8, 4) is 22.8 Å². The molecule has 0 radical (unpaired) electrons. The van der Waals surface area contributed by atoms with Gasteiger partial charge in [0.2, 0.25) is 5.91 Å². The second-order valence-corrected chi connectivity index (χ2v) is 9.74. The van der Waals surface area contributed by atoms with Crippen LogP contribution in [0.1, 0.15) is 31.4 Å². The smallest absolute Gasteiger partial charge is 0.229 e. The molecule has 4 aromatic rings. The Labute approximate surface area is 215 Å². The fourth-order valence-corrected chi connectivity index (χ4v) is 5.10. The van der Waals surface area contributed by atoms with Crippen molar-refractivity contribution in [3.05, 3.63) is 54.6 Å². The van der Waals surface area contributed by atoms with Gasteiger partial charge in [0, 0.05) is 55.0 Å². The third-order valence-corrected chi connectivity index (χ3v) is 7.50. The van der Waals surface area contributed by atoms with Gasteiger partial charge in [0.15, 0.2) is 11.6 Å². The SMILES string of the molecule is CCN1CC[C@@H]1COc1cnn(C)c1-c1ccn2nc(NC(=O)[C@@H]3C[C@@H]3c3ccc(OC)cn3)cc2c1. The third-order valence-electron chi connectivity index (χ3n) is 7.50. The topological polar surface area (TPSA) is 98.8 Å². The second kappa shape index (κ2) is 9.51. The molecule has 5 heterocycles. The molecule has 1 saturated carbocycles. The Morgan fingerprint density at radius 2 is 2.11 bits per heavy atom. The highest BCUT2D eigenvalue weighted by molar-refractivity contribution is 5.95. The fraction of sp³-hybridized carbons (Fsp3) is 0.407. The van der Waals surface area contributed by atoms with E-state index >= 15 is 0 Å². The molecular weight excluding hydrogens is 470 g/mol. The number of aromatic nitrogens is 5. The van der Waals surface area contributed by atoms with Crippen LogP contribution in [0.2, 0.25) is 0 Å². The van der Waals surface area contributed by atoms with Crippen molar-refractivity contribution in [2.24, 2.45) is 13.0 Å². The molecule has 1 N–H and O–H groups in total. The number of hydrogen-bond donors (Lipinski definition) is 1. The fourth-order valence-electron chi connectivity index (χ4n) is 5.10. The molecule has 0 spiro atoms. The van der Waals surface area contributed by atoms with Crippen LogP contribution < -0.4 is 14.8 Å². The highest BCUT2D eigenvalue weighted by Crippen LogP contribution is 2.47. The molecule has 1 saturated heterocycles. The van der Waals surface area contributed by atoms with Gasteiger partial charge >= 0.3 is 0 Å². The Hall–Kier alpha value is -3.92. The zero-order valence-corrected chi connectivity index (χ0v) is 21.3. The number of aryl methyl sites for hydroxylation is 1. The number of likely N-dealkylation sites (tertiary alicyclic amines) is 1. The molecule has 192 valence electrons. The number of amides is 1. The molecule has 3 atom stereocenters. The number of carbonyl (C=O) groups excluding carboxylic acids is 1. The lowest BCUT2D eigenvalue weighted by atomic mass is 10.0. The molecular formula is C27H31N7O3. The molecule has 1 aliphatic carbocycles. The van der Waals surface area contributed by atoms with Crippen molar-refractivity contribution >= 4 is 17.2 Å². The molecule has 1 aliphatic heterocycles. The molecule has 0 bridgehead atoms. The van der Waals surface area contributed by atoms with Gasteiger partial charge in [0.05, 0.1) is 25.0 Å². The minimum atomic E-state index is -0.102. The van der Waals surface area contributed by atoms with E-state index < -0.39 is 0 Å². The van der Waals surface area contributed by atoms with Crippen LogP contribution >= 0.6 is 0 Å². The number of fused-ring (bicyclic) bond motifs is 1. The summed E-state index contributed by atoms with van der Waals surface area (Å²) < 4.78 is 15.0. The van der Waals surface area contributed by atoms with E-state index in [1.54, 1.807) is 24.0 Å². The normalized spacial score (nSPS) is 21.0. The molecule has 1 amide bonds. The lowest BCUT2D eigenvalue weighted by molar-refractivity contribution is -0.117. The van der Waals surface area contributed by atoms with Gasteiger partial charge in [0.1, 0.15) is 18.1 Å². The molecule has 6 rings (SSSR count). The van der Waals surface area contributed by atoms with E-state index in [2.05, 4.69) is 32.3 Å². The van der Waals surface area contributed by atoms with Crippen molar-refractivity contribution in [1.29, 1.82) is 0 Å². The maximum Gasteiger partial charge on any atom is 0.229 e. The Morgan fingerprint density at radius 1 is 1.22 bits per heavy atom. The van der Waals surface area contributed by atoms with E-state index in [0.717, 1.165) is 54.1 Å². The monoisotopic (exact) mass is 501 g/mol. The van der Waals surface area contributed by atoms with Gasteiger partial charge in [-0.3, -0.25) is 19.4 Å². The summed E-state index contributed by atoms with van der Waals surface area (Å²) in [6, 6.07) is 10.2. The lowest BCUT2D eigenvalue weighted by Gasteiger charge is -2.39. The third kappa shape index (κ3) is 4.53. The average Bonchev–Trinajstić information content (AvgIpc) is 3.47. The molecule has 37 heavy (non-hydrogen) atoms. The Balaban J connectivity index is 1.14. The first-order valence-corrected chi connectivity index (χ1v) is 12.7. The summed E-state index contributed by atoms with van der Waals surface area (Å²) >= 11 is 0. The predicted molar refractivity (Wildman–Crippen MR) is 139 cm³/mol. The minimum absolute atomic E-state index is 0.0364. The highest BCUT2D eigenvalue weighted by atomic mass is 16.5. The number of ether oxygens (including phenoxy) is 2. The molecule has 2 aliphatic rings. The summed E-state index contributed by atoms with van der Waals surface area (Å²) in [7, 11) is 3.53. The number of rotatable bonds is 9. The van der Waals surface area contributed by atoms with Crippen LogP contribution in [0.3, 0.4) is 0 Å². The summed E-state index contributed by atoms with van der Waals surface area (Å²) in [6.45, 7) is 5.03. The Kier molecular flexibility index (Phi) is 6.03. The molecule has 10 nitrogen and oxygen atoms in total. The van der Waals surface area contributed by atoms with Gasteiger partial charge in [-0.05, 0) is 43.7 Å². The largest absolute Gasteiger partial charge is 0.495 e. The van der Waals surface area contributed by atoms with Crippen molar-refractivity contribution < 1.29 is 14.3 Å². The van der Waals surface area contributed by atoms with Crippen LogP contribution in [0.5, 0.6) is 11.5 Å². The number of pyridine rings is 2. The molecule has 0 unspecified atom stereocenters. The van der Waals surface area contributed by atoms with E-state index in [4.69, 9.17) is 9.47 Å². The summed E-state index contributed by atoms with van der Waals surface area (Å²) in [4.78, 5) is 19.7. The first-order valence-electron chi connectivity index (χ1n) is 12.7. The Morgan fingerprint density at radius 3 is 2.84 bits per heavy atom. The number of likely N-dealkylation sites (N-methyl/N-ethyl adjacent to an activating group) is 1. The van der Waals surface area contributed by atoms with Crippen LogP contribution in [0, 0.1) is 5.92 Å². The summed E-state index contributed by atoms with van der Waals surface area (Å²) in [5, 5.41) is 12.0. The molecule has 4 aromatic heterocycles. The van der Waals surface area contributed by atoms with Gasteiger partial charge in [-0.1, -0.05) is 6.92 Å². The maximum atomic E-state index is 12.9. The zero-order chi connectivity index (χ0) is 25.5. The van der Waals surface area contributed by atoms with Crippen LogP contribution in [0.25, 0.3) is 16.8 Å². The standard InChI is InChI=1S/C27H31N7O3/c1-4-33-9-8-18(33)16-37-24-15-29-32(2)26(24)17-7-10-34-19(11-17)12-25(31-34)30-27(35)22-13-21(22)23-6-5-20(36-3)14-28-23/h5-7,10-12,14-15,18,21-22H,4,8-9,13,16H2,1-3H3,(H,30,31,35)/t18-,21+,22-/m1/s1. The highest BCUT2D eigenvalue weighted by Gasteiger charge is 2.45. The van der Waals surface area contributed by atoms with Crippen LogP contribution in [0.4, 0.5) is 5.82 Å². The number of anilines is 1. The number of hydrogen-bond acceptors (Lipinski definition) is 7. The summed E-state index contributed by atoms with van der Waals surface area (Å²) in [5.74, 6) is 2.00. The van der Waals surface area contributed by atoms with Crippen LogP contribution in [-0.4, -0.2) is 68.0 Å². The van der Waals surface area contributed by atoms with E-state index in [0.29, 0.717) is 24.2 Å². The van der Waals surface area contributed by atoms with Crippen LogP contribution in [-0.2, 0) is 11.8 Å². The summed E-state index contributed by atoms with van der Waals surface area (Å²) in [6.07, 6.45) is 7.30. The van der Waals surface area contributed by atoms with Gasteiger partial charge in [0.25, 0.3) is 0 Å². The van der Waals surface area contributed by atoms with Crippen molar-refractivity contribution in [1.82, 2.24) is 29.3 Å². The number of methoxy groups -OCH3 is 1. The van der Waals surface area contributed by atoms with Gasteiger partial charge < -0.3 is 14.8 Å². The zero-order valence-electron chi connectivity index (χ0n) is 21.3. The van der Waals surface area contributed by atoms with Crippen molar-refractivity contribution in [3.63, 3.8) is 0 Å². The number of carbonyl (C=O) groups is 1. The maximum absolute atomic E-state index is 12.9. The first kappa shape index (κ1) is 23.5. The van der Waals surface area contributed by atoms with E-state index in [-0.39, 0.29) is 17.7 Å². The van der Waals surface area contributed by atoms with Gasteiger partial charge in [-0.25, -0.2) is 4.52 Å². The Bertz CT molecular complexity index is 1430. The van der Waals surface area contributed by atoms with E-state index in [1.165, 1.54) is 0 Å². The van der Waals surface area contributed by atoms with Crippen molar-refractivity contribution in [2.75, 3.05) is 32.1 Å². The predicted octanol–water partition coefficient (Wildman–Crippen LogP) is 3.35. The lowest BCUT2D eigenvalue weighted by Crippen LogP contribution is -2.50. The minimum Gasteiger partial charge on any atom is -0.495 e. The van der Waals surface area contributed by atoms with E-state index in [1.807, 2.05) is 48.3 Å². The molecule has 10 heteroatoms. The average molecular weight is 502 g/mol. The molecule has 2 fully saturated rings. The molecule has 0 aromatic carbocycles. The number of nitrogens with zero attached hydrogens (tertiary/aromatic N) is 6. The summed E-state index contributed by atoms with van der Waals surface area (Å²) in [5.41, 5.74) is 3.69. The van der Waals surface area contributed by atoms with Gasteiger partial charge in [-0.2, -0.15) is 10.2 Å². The second-order valence-electron chi connectivity index (χ2n) is 9.74.